The lowest BCUT2D eigenvalue weighted by Gasteiger charge is -2.37. The summed E-state index contributed by atoms with van der Waals surface area (Å²) in [6.45, 7) is 0.411. The van der Waals surface area contributed by atoms with Crippen molar-refractivity contribution in [2.45, 2.75) is 38.5 Å². The van der Waals surface area contributed by atoms with Crippen LogP contribution in [0, 0.1) is 5.41 Å². The maximum absolute atomic E-state index is 13.2. The van der Waals surface area contributed by atoms with Crippen molar-refractivity contribution in [1.29, 1.82) is 0 Å². The van der Waals surface area contributed by atoms with Gasteiger partial charge in [0, 0.05) is 17.2 Å². The lowest BCUT2D eigenvalue weighted by atomic mass is 9.65. The normalized spacial score (nSPS) is 14.7. The number of phenols is 1. The molecule has 0 aliphatic heterocycles. The number of Topliss-reactive ketones (excluding diaryl/α,β-unsaturated/α-hetero) is 1. The van der Waals surface area contributed by atoms with Crippen LogP contribution in [0.2, 0.25) is 0 Å². The minimum atomic E-state index is -0.997. The Morgan fingerprint density at radius 1 is 0.968 bits per heavy atom. The van der Waals surface area contributed by atoms with Gasteiger partial charge in [-0.05, 0) is 37.3 Å². The summed E-state index contributed by atoms with van der Waals surface area (Å²) in [4.78, 5) is 24.9. The van der Waals surface area contributed by atoms with E-state index in [0.717, 1.165) is 19.3 Å². The number of aliphatic carboxylic acids is 1. The van der Waals surface area contributed by atoms with E-state index < -0.39 is 11.4 Å². The molecule has 0 atom stereocenters. The maximum Gasteiger partial charge on any atom is 0.310 e. The van der Waals surface area contributed by atoms with Crippen LogP contribution in [0.25, 0.3) is 10.8 Å². The van der Waals surface area contributed by atoms with Crippen molar-refractivity contribution in [3.8, 4) is 11.5 Å². The summed E-state index contributed by atoms with van der Waals surface area (Å²) in [7, 11) is 0. The molecule has 5 nitrogen and oxygen atoms in total. The highest BCUT2D eigenvalue weighted by molar-refractivity contribution is 6.08. The van der Waals surface area contributed by atoms with Gasteiger partial charge in [-0.15, -0.1) is 0 Å². The molecule has 3 aromatic carbocycles. The standard InChI is InChI=1S/C26H26O5/c27-22-16-21(23(28)17-26(25(29)30)13-7-14-26)24(20-12-5-4-11-19(20)22)31-15-6-10-18-8-2-1-3-9-18/h1-5,8-9,11-12,16,27H,6-7,10,13-15,17H2,(H,29,30). The molecule has 1 fully saturated rings. The fourth-order valence-electron chi connectivity index (χ4n) is 4.26. The molecule has 160 valence electrons. The Hall–Kier alpha value is -3.34. The second-order valence-electron chi connectivity index (χ2n) is 8.29. The van der Waals surface area contributed by atoms with Crippen LogP contribution in [-0.2, 0) is 11.2 Å². The van der Waals surface area contributed by atoms with Gasteiger partial charge in [0.1, 0.15) is 11.5 Å². The molecule has 1 aliphatic carbocycles. The molecule has 3 aromatic rings. The number of carbonyl (C=O) groups excluding carboxylic acids is 1. The molecule has 0 saturated heterocycles. The molecule has 0 heterocycles. The summed E-state index contributed by atoms with van der Waals surface area (Å²) < 4.78 is 6.10. The molecular weight excluding hydrogens is 392 g/mol. The van der Waals surface area contributed by atoms with Crippen LogP contribution in [0.1, 0.15) is 48.0 Å². The number of hydrogen-bond donors (Lipinski definition) is 2. The molecule has 0 amide bonds. The van der Waals surface area contributed by atoms with Crippen molar-refractivity contribution in [2.75, 3.05) is 6.61 Å². The van der Waals surface area contributed by atoms with Gasteiger partial charge >= 0.3 is 5.97 Å². The van der Waals surface area contributed by atoms with Gasteiger partial charge in [-0.25, -0.2) is 0 Å². The van der Waals surface area contributed by atoms with E-state index in [1.807, 2.05) is 36.4 Å². The molecule has 4 rings (SSSR count). The van der Waals surface area contributed by atoms with Gasteiger partial charge < -0.3 is 14.9 Å². The molecule has 0 aromatic heterocycles. The van der Waals surface area contributed by atoms with Crippen molar-refractivity contribution < 1.29 is 24.5 Å². The zero-order valence-corrected chi connectivity index (χ0v) is 17.3. The summed E-state index contributed by atoms with van der Waals surface area (Å²) in [6, 6.07) is 18.8. The van der Waals surface area contributed by atoms with Crippen LogP contribution in [0.3, 0.4) is 0 Å². The summed E-state index contributed by atoms with van der Waals surface area (Å²) in [5, 5.41) is 21.4. The molecule has 31 heavy (non-hydrogen) atoms. The molecule has 0 radical (unpaired) electrons. The Bertz CT molecular complexity index is 1100. The summed E-state index contributed by atoms with van der Waals surface area (Å²) >= 11 is 0. The predicted molar refractivity (Wildman–Crippen MR) is 119 cm³/mol. The number of phenolic OH excluding ortho intramolecular Hbond substituents is 1. The number of hydrogen-bond acceptors (Lipinski definition) is 4. The number of carbonyl (C=O) groups is 2. The van der Waals surface area contributed by atoms with Crippen molar-refractivity contribution in [3.63, 3.8) is 0 Å². The zero-order chi connectivity index (χ0) is 21.8. The van der Waals surface area contributed by atoms with Gasteiger partial charge in [-0.2, -0.15) is 0 Å². The molecule has 1 saturated carbocycles. The van der Waals surface area contributed by atoms with E-state index in [1.165, 1.54) is 11.6 Å². The lowest BCUT2D eigenvalue weighted by Crippen LogP contribution is -2.39. The number of aromatic hydroxyl groups is 1. The van der Waals surface area contributed by atoms with Crippen LogP contribution in [-0.4, -0.2) is 28.6 Å². The van der Waals surface area contributed by atoms with Gasteiger partial charge in [0.25, 0.3) is 0 Å². The highest BCUT2D eigenvalue weighted by Gasteiger charge is 2.46. The fourth-order valence-corrected chi connectivity index (χ4v) is 4.26. The third-order valence-corrected chi connectivity index (χ3v) is 6.24. The molecular formula is C26H26O5. The molecule has 5 heteroatoms. The van der Waals surface area contributed by atoms with E-state index in [2.05, 4.69) is 12.1 Å². The molecule has 0 unspecified atom stereocenters. The fraction of sp³-hybridized carbons (Fsp3) is 0.308. The third-order valence-electron chi connectivity index (χ3n) is 6.24. The average Bonchev–Trinajstić information content (AvgIpc) is 2.75. The minimum Gasteiger partial charge on any atom is -0.507 e. The Kier molecular flexibility index (Phi) is 5.94. The first-order valence-corrected chi connectivity index (χ1v) is 10.7. The van der Waals surface area contributed by atoms with E-state index in [-0.39, 0.29) is 23.5 Å². The largest absolute Gasteiger partial charge is 0.507 e. The first kappa shape index (κ1) is 20.9. The van der Waals surface area contributed by atoms with E-state index in [4.69, 9.17) is 4.74 Å². The SMILES string of the molecule is O=C(CC1(C(=O)O)CCC1)c1cc(O)c2ccccc2c1OCCCc1ccccc1. The number of rotatable bonds is 9. The van der Waals surface area contributed by atoms with Crippen LogP contribution >= 0.6 is 0 Å². The highest BCUT2D eigenvalue weighted by Crippen LogP contribution is 2.46. The number of carboxylic acids is 1. The lowest BCUT2D eigenvalue weighted by molar-refractivity contribution is -0.154. The highest BCUT2D eigenvalue weighted by atomic mass is 16.5. The maximum atomic E-state index is 13.2. The summed E-state index contributed by atoms with van der Waals surface area (Å²) in [6.07, 6.45) is 3.35. The van der Waals surface area contributed by atoms with Gasteiger partial charge in [-0.3, -0.25) is 9.59 Å². The van der Waals surface area contributed by atoms with E-state index in [1.54, 1.807) is 6.07 Å². The van der Waals surface area contributed by atoms with Crippen LogP contribution < -0.4 is 4.74 Å². The minimum absolute atomic E-state index is 0.00595. The average molecular weight is 418 g/mol. The summed E-state index contributed by atoms with van der Waals surface area (Å²) in [5.74, 6) is -0.816. The van der Waals surface area contributed by atoms with E-state index in [9.17, 15) is 19.8 Å². The van der Waals surface area contributed by atoms with Crippen molar-refractivity contribution >= 4 is 22.5 Å². The van der Waals surface area contributed by atoms with Crippen molar-refractivity contribution in [2.24, 2.45) is 5.41 Å². The van der Waals surface area contributed by atoms with Crippen molar-refractivity contribution in [3.05, 3.63) is 71.8 Å². The number of fused-ring (bicyclic) bond motifs is 1. The third kappa shape index (κ3) is 4.26. The second kappa shape index (κ2) is 8.80. The number of benzene rings is 3. The second-order valence-corrected chi connectivity index (χ2v) is 8.29. The Morgan fingerprint density at radius 2 is 1.65 bits per heavy atom. The number of ether oxygens (including phenoxy) is 1. The van der Waals surface area contributed by atoms with E-state index >= 15 is 0 Å². The number of aryl methyl sites for hydroxylation is 1. The van der Waals surface area contributed by atoms with Gasteiger partial charge in [0.05, 0.1) is 17.6 Å². The Balaban J connectivity index is 1.59. The number of carboxylic acid groups (broad SMARTS) is 1. The number of ketones is 1. The van der Waals surface area contributed by atoms with Crippen molar-refractivity contribution in [1.82, 2.24) is 0 Å². The molecule has 2 N–H and O–H groups in total. The summed E-state index contributed by atoms with van der Waals surface area (Å²) in [5.41, 5.74) is 0.470. The van der Waals surface area contributed by atoms with Gasteiger partial charge in [0.15, 0.2) is 5.78 Å². The smallest absolute Gasteiger partial charge is 0.310 e. The van der Waals surface area contributed by atoms with Crippen LogP contribution in [0.5, 0.6) is 11.5 Å². The molecule has 0 spiro atoms. The van der Waals surface area contributed by atoms with Gasteiger partial charge in [0.2, 0.25) is 0 Å². The first-order chi connectivity index (χ1) is 15.0. The predicted octanol–water partition coefficient (Wildman–Crippen LogP) is 5.38. The quantitative estimate of drug-likeness (QED) is 0.360. The Labute approximate surface area is 181 Å². The van der Waals surface area contributed by atoms with Crippen LogP contribution in [0.15, 0.2) is 60.7 Å². The first-order valence-electron chi connectivity index (χ1n) is 10.7. The van der Waals surface area contributed by atoms with E-state index in [0.29, 0.717) is 36.0 Å². The van der Waals surface area contributed by atoms with Gasteiger partial charge in [-0.1, -0.05) is 61.0 Å². The topological polar surface area (TPSA) is 83.8 Å². The monoisotopic (exact) mass is 418 g/mol. The molecule has 1 aliphatic rings. The van der Waals surface area contributed by atoms with Crippen LogP contribution in [0.4, 0.5) is 0 Å². The zero-order valence-electron chi connectivity index (χ0n) is 17.3. The molecule has 0 bridgehead atoms. The Morgan fingerprint density at radius 3 is 2.29 bits per heavy atom.